The van der Waals surface area contributed by atoms with Gasteiger partial charge in [0.15, 0.2) is 6.61 Å². The van der Waals surface area contributed by atoms with Crippen LogP contribution in [0, 0.1) is 5.41 Å². The Morgan fingerprint density at radius 2 is 1.49 bits per heavy atom. The van der Waals surface area contributed by atoms with Crippen molar-refractivity contribution in [1.29, 1.82) is 0 Å². The summed E-state index contributed by atoms with van der Waals surface area (Å²) in [4.78, 5) is 50.3. The summed E-state index contributed by atoms with van der Waals surface area (Å²) in [6, 6.07) is 19.4. The molecule has 1 aliphatic rings. The molecule has 2 heterocycles. The molecule has 2 aromatic heterocycles. The van der Waals surface area contributed by atoms with Crippen LogP contribution in [0.3, 0.4) is 0 Å². The third kappa shape index (κ3) is 10.6. The molecule has 0 bridgehead atoms. The third-order valence-corrected chi connectivity index (χ3v) is 8.54. The van der Waals surface area contributed by atoms with Crippen LogP contribution in [0.4, 0.5) is 36.4 Å². The number of aromatic amines is 1. The van der Waals surface area contributed by atoms with Gasteiger partial charge in [-0.25, -0.2) is 0 Å². The molecular formula is C35H34ClF3N12O4. The summed E-state index contributed by atoms with van der Waals surface area (Å²) in [7, 11) is 0. The van der Waals surface area contributed by atoms with Gasteiger partial charge < -0.3 is 31.3 Å². The molecule has 0 radical (unpaired) electrons. The fraction of sp³-hybridized carbons (Fsp3) is 0.286. The lowest BCUT2D eigenvalue weighted by Gasteiger charge is -2.25. The van der Waals surface area contributed by atoms with E-state index in [1.165, 1.54) is 12.1 Å². The Bertz CT molecular complexity index is 2130. The number of carbonyl (C=O) groups is 3. The van der Waals surface area contributed by atoms with Crippen LogP contribution in [0.25, 0.3) is 11.4 Å². The number of hydrogen-bond donors (Lipinski definition) is 6. The second-order valence-electron chi connectivity index (χ2n) is 13.4. The van der Waals surface area contributed by atoms with Crippen molar-refractivity contribution in [2.24, 2.45) is 5.41 Å². The number of nitrogens with zero attached hydrogens (tertiary/aromatic N) is 6. The van der Waals surface area contributed by atoms with E-state index in [-0.39, 0.29) is 25.0 Å². The van der Waals surface area contributed by atoms with Crippen molar-refractivity contribution in [3.05, 3.63) is 88.9 Å². The molecule has 5 aromatic rings. The maximum Gasteiger partial charge on any atom is 0.422 e. The fourth-order valence-corrected chi connectivity index (χ4v) is 5.29. The van der Waals surface area contributed by atoms with E-state index in [9.17, 15) is 27.6 Å². The number of halogens is 4. The molecular weight excluding hydrogens is 745 g/mol. The Morgan fingerprint density at radius 3 is 2.13 bits per heavy atom. The van der Waals surface area contributed by atoms with E-state index in [0.717, 1.165) is 18.4 Å². The minimum absolute atomic E-state index is 0.00469. The average Bonchev–Trinajstić information content (AvgIpc) is 3.71. The molecule has 1 fully saturated rings. The summed E-state index contributed by atoms with van der Waals surface area (Å²) in [6.45, 7) is 2.25. The third-order valence-electron chi connectivity index (χ3n) is 8.29. The zero-order valence-corrected chi connectivity index (χ0v) is 30.0. The van der Waals surface area contributed by atoms with Crippen molar-refractivity contribution < 1.29 is 32.3 Å². The van der Waals surface area contributed by atoms with Crippen LogP contribution in [0.2, 0.25) is 5.02 Å². The smallest absolute Gasteiger partial charge is 0.422 e. The lowest BCUT2D eigenvalue weighted by molar-refractivity contribution is -0.154. The number of ether oxygens (including phenoxy) is 1. The summed E-state index contributed by atoms with van der Waals surface area (Å²) >= 11 is 6.04. The molecule has 16 nitrogen and oxygen atoms in total. The van der Waals surface area contributed by atoms with Crippen molar-refractivity contribution in [2.45, 2.75) is 38.4 Å². The number of rotatable bonds is 14. The quantitative estimate of drug-likeness (QED) is 0.0822. The number of aromatic nitrogens is 7. The highest BCUT2D eigenvalue weighted by atomic mass is 35.5. The van der Waals surface area contributed by atoms with Crippen LogP contribution in [0.1, 0.15) is 42.6 Å². The van der Waals surface area contributed by atoms with Crippen molar-refractivity contribution >= 4 is 52.6 Å². The van der Waals surface area contributed by atoms with E-state index in [1.54, 1.807) is 62.4 Å². The first-order valence-corrected chi connectivity index (χ1v) is 17.1. The normalized spacial score (nSPS) is 13.3. The molecule has 20 heteroatoms. The lowest BCUT2D eigenvalue weighted by Crippen LogP contribution is -2.44. The van der Waals surface area contributed by atoms with Crippen molar-refractivity contribution in [2.75, 3.05) is 35.6 Å². The second-order valence-corrected chi connectivity index (χ2v) is 13.8. The van der Waals surface area contributed by atoms with Gasteiger partial charge in [0.25, 0.3) is 5.91 Å². The van der Waals surface area contributed by atoms with Gasteiger partial charge in [0, 0.05) is 40.6 Å². The first-order chi connectivity index (χ1) is 26.2. The summed E-state index contributed by atoms with van der Waals surface area (Å²) in [6.07, 6.45) is -3.15. The maximum absolute atomic E-state index is 13.0. The monoisotopic (exact) mass is 778 g/mol. The van der Waals surface area contributed by atoms with Gasteiger partial charge in [-0.05, 0) is 89.7 Å². The topological polar surface area (TPSA) is 214 Å². The number of amides is 3. The van der Waals surface area contributed by atoms with Crippen LogP contribution < -0.4 is 31.3 Å². The predicted molar refractivity (Wildman–Crippen MR) is 194 cm³/mol. The van der Waals surface area contributed by atoms with Gasteiger partial charge in [0.2, 0.25) is 17.7 Å². The molecule has 0 spiro atoms. The van der Waals surface area contributed by atoms with Crippen molar-refractivity contribution in [3.8, 4) is 17.4 Å². The predicted octanol–water partition coefficient (Wildman–Crippen LogP) is 5.00. The van der Waals surface area contributed by atoms with Crippen LogP contribution in [0.5, 0.6) is 6.01 Å². The Morgan fingerprint density at radius 1 is 0.836 bits per heavy atom. The molecule has 6 rings (SSSR count). The van der Waals surface area contributed by atoms with E-state index < -0.39 is 47.5 Å². The number of hydrogen-bond acceptors (Lipinski definition) is 12. The van der Waals surface area contributed by atoms with E-state index in [0.29, 0.717) is 33.3 Å². The SMILES string of the molecule is CC(C)(CNC(=O)C(=O)Nc1ccc(-c2nn[nH]n2)cc1)CNC(=O)c1ccc(Nc2nc(NC3(c4ccc(Cl)cc4)CC3)nc(OCC(F)(F)F)n2)cc1. The molecule has 0 unspecified atom stereocenters. The second kappa shape index (κ2) is 15.9. The van der Waals surface area contributed by atoms with E-state index in [4.69, 9.17) is 16.3 Å². The lowest BCUT2D eigenvalue weighted by atomic mass is 9.93. The molecule has 0 saturated heterocycles. The largest absolute Gasteiger partial charge is 0.454 e. The minimum Gasteiger partial charge on any atom is -0.454 e. The Labute approximate surface area is 316 Å². The molecule has 0 aliphatic heterocycles. The molecule has 0 atom stereocenters. The van der Waals surface area contributed by atoms with Gasteiger partial charge >= 0.3 is 24.0 Å². The number of tetrazole rings is 1. The maximum atomic E-state index is 13.0. The molecule has 55 heavy (non-hydrogen) atoms. The number of nitrogens with one attached hydrogen (secondary N) is 6. The van der Waals surface area contributed by atoms with Gasteiger partial charge in [-0.3, -0.25) is 14.4 Å². The number of anilines is 4. The van der Waals surface area contributed by atoms with Crippen LogP contribution >= 0.6 is 11.6 Å². The zero-order chi connectivity index (χ0) is 39.2. The highest BCUT2D eigenvalue weighted by Crippen LogP contribution is 2.48. The zero-order valence-electron chi connectivity index (χ0n) is 29.3. The highest BCUT2D eigenvalue weighted by molar-refractivity contribution is 6.39. The van der Waals surface area contributed by atoms with Gasteiger partial charge in [-0.1, -0.05) is 37.6 Å². The minimum atomic E-state index is -4.61. The van der Waals surface area contributed by atoms with Gasteiger partial charge in [0.1, 0.15) is 0 Å². The van der Waals surface area contributed by atoms with Crippen LogP contribution in [-0.4, -0.2) is 79.2 Å². The number of alkyl halides is 3. The molecule has 286 valence electrons. The number of benzene rings is 3. The van der Waals surface area contributed by atoms with Crippen LogP contribution in [0.15, 0.2) is 72.8 Å². The number of H-pyrrole nitrogens is 1. The fourth-order valence-electron chi connectivity index (χ4n) is 5.17. The summed E-state index contributed by atoms with van der Waals surface area (Å²) < 4.78 is 43.7. The van der Waals surface area contributed by atoms with E-state index in [1.807, 2.05) is 12.1 Å². The molecule has 6 N–H and O–H groups in total. The number of carbonyl (C=O) groups excluding carboxylic acids is 3. The Hall–Kier alpha value is -6.37. The van der Waals surface area contributed by atoms with Gasteiger partial charge in [-0.15, -0.1) is 10.2 Å². The van der Waals surface area contributed by atoms with Crippen LogP contribution in [-0.2, 0) is 15.1 Å². The van der Waals surface area contributed by atoms with Crippen molar-refractivity contribution in [3.63, 3.8) is 0 Å². The first kappa shape index (κ1) is 38.4. The van der Waals surface area contributed by atoms with E-state index >= 15 is 0 Å². The summed E-state index contributed by atoms with van der Waals surface area (Å²) in [5.41, 5.74) is 1.55. The Balaban J connectivity index is 1.01. The summed E-state index contributed by atoms with van der Waals surface area (Å²) in [5.74, 6) is -1.81. The van der Waals surface area contributed by atoms with Gasteiger partial charge in [0.05, 0.1) is 5.54 Å². The van der Waals surface area contributed by atoms with E-state index in [2.05, 4.69) is 62.2 Å². The molecule has 1 aliphatic carbocycles. The molecule has 3 amide bonds. The summed E-state index contributed by atoms with van der Waals surface area (Å²) in [5, 5.41) is 28.2. The van der Waals surface area contributed by atoms with Crippen molar-refractivity contribution in [1.82, 2.24) is 46.2 Å². The Kier molecular flexibility index (Phi) is 11.1. The molecule has 3 aromatic carbocycles. The standard InChI is InChI=1S/C35H34ClF3N12O4/c1-33(2,18-41-28(53)29(54)42-24-11-3-20(4-12-24)26-48-50-51-49-26)17-40-27(52)21-5-13-25(14-6-21)43-30-44-31(46-32(45-30)55-19-35(37,38)39)47-34(15-16-34)22-7-9-23(36)10-8-22/h3-14H,15-19H2,1-2H3,(H,40,52)(H,41,53)(H,42,54)(H,48,49,50,51)(H2,43,44,45,46,47). The first-order valence-electron chi connectivity index (χ1n) is 16.7. The van der Waals surface area contributed by atoms with Gasteiger partial charge in [-0.2, -0.15) is 33.3 Å². The molecule has 1 saturated carbocycles. The average molecular weight is 779 g/mol. The highest BCUT2D eigenvalue weighted by Gasteiger charge is 2.45.